The molecular formula is C21H26N4S. The lowest BCUT2D eigenvalue weighted by atomic mass is 10.0. The fourth-order valence-electron chi connectivity index (χ4n) is 3.68. The van der Waals surface area contributed by atoms with Crippen molar-refractivity contribution in [3.05, 3.63) is 64.9 Å². The summed E-state index contributed by atoms with van der Waals surface area (Å²) in [5.41, 5.74) is 5.26. The zero-order chi connectivity index (χ0) is 17.9. The van der Waals surface area contributed by atoms with Crippen molar-refractivity contribution >= 4 is 17.0 Å². The molecule has 0 saturated carbocycles. The van der Waals surface area contributed by atoms with E-state index in [0.29, 0.717) is 6.04 Å². The molecule has 3 heterocycles. The largest absolute Gasteiger partial charge is 0.381 e. The van der Waals surface area contributed by atoms with Crippen molar-refractivity contribution in [3.63, 3.8) is 0 Å². The highest BCUT2D eigenvalue weighted by atomic mass is 32.1. The summed E-state index contributed by atoms with van der Waals surface area (Å²) in [5, 5.41) is 6.82. The molecule has 26 heavy (non-hydrogen) atoms. The highest BCUT2D eigenvalue weighted by Crippen LogP contribution is 2.22. The lowest BCUT2D eigenvalue weighted by Crippen LogP contribution is -2.41. The summed E-state index contributed by atoms with van der Waals surface area (Å²) in [6.45, 7) is 7.56. The molecule has 1 aliphatic heterocycles. The second kappa shape index (κ2) is 7.64. The Morgan fingerprint density at radius 1 is 1.23 bits per heavy atom. The maximum absolute atomic E-state index is 4.45. The topological polar surface area (TPSA) is 33.1 Å². The van der Waals surface area contributed by atoms with Crippen LogP contribution in [0.5, 0.6) is 0 Å². The molecule has 0 bridgehead atoms. The monoisotopic (exact) mass is 366 g/mol. The first-order chi connectivity index (χ1) is 12.7. The highest BCUT2D eigenvalue weighted by molar-refractivity contribution is 7.12. The molecule has 4 rings (SSSR count). The Labute approximate surface area is 159 Å². The number of nitrogens with one attached hydrogen (secondary N) is 1. The summed E-state index contributed by atoms with van der Waals surface area (Å²) in [7, 11) is 0. The normalized spacial score (nSPS) is 18.2. The van der Waals surface area contributed by atoms with Crippen LogP contribution in [0.4, 0.5) is 5.69 Å². The van der Waals surface area contributed by atoms with Crippen LogP contribution in [0.2, 0.25) is 0 Å². The van der Waals surface area contributed by atoms with Gasteiger partial charge in [0.15, 0.2) is 5.13 Å². The van der Waals surface area contributed by atoms with E-state index in [9.17, 15) is 0 Å². The van der Waals surface area contributed by atoms with Crippen LogP contribution in [0.3, 0.4) is 0 Å². The molecule has 0 spiro atoms. The van der Waals surface area contributed by atoms with Gasteiger partial charge >= 0.3 is 0 Å². The van der Waals surface area contributed by atoms with Crippen LogP contribution in [-0.2, 0) is 6.54 Å². The Bertz CT molecular complexity index is 853. The van der Waals surface area contributed by atoms with Gasteiger partial charge in [0.25, 0.3) is 0 Å². The molecule has 1 aliphatic rings. The summed E-state index contributed by atoms with van der Waals surface area (Å²) in [6, 6.07) is 11.5. The molecule has 1 atom stereocenters. The van der Waals surface area contributed by atoms with Gasteiger partial charge in [-0.25, -0.2) is 4.98 Å². The molecule has 1 saturated heterocycles. The summed E-state index contributed by atoms with van der Waals surface area (Å²) in [6.07, 6.45) is 6.45. The molecule has 1 aromatic carbocycles. The van der Waals surface area contributed by atoms with Crippen molar-refractivity contribution in [2.75, 3.05) is 18.4 Å². The molecule has 1 N–H and O–H groups in total. The Morgan fingerprint density at radius 3 is 2.96 bits per heavy atom. The van der Waals surface area contributed by atoms with Crippen molar-refractivity contribution in [2.24, 2.45) is 0 Å². The van der Waals surface area contributed by atoms with Crippen LogP contribution in [0, 0.1) is 13.8 Å². The Balaban J connectivity index is 1.41. The minimum absolute atomic E-state index is 0.508. The van der Waals surface area contributed by atoms with Crippen LogP contribution in [0.15, 0.2) is 48.1 Å². The number of thiazole rings is 1. The van der Waals surface area contributed by atoms with Gasteiger partial charge in [-0.15, -0.1) is 11.3 Å². The predicted octanol–water partition coefficient (Wildman–Crippen LogP) is 4.63. The van der Waals surface area contributed by atoms with Gasteiger partial charge in [-0.1, -0.05) is 6.07 Å². The number of anilines is 1. The molecule has 1 unspecified atom stereocenters. The zero-order valence-electron chi connectivity index (χ0n) is 15.5. The SMILES string of the molecule is Cc1ccc(NC2CCCN(Cc3cccn3-c3nccs3)C2)cc1C. The van der Waals surface area contributed by atoms with E-state index in [1.807, 2.05) is 11.6 Å². The Morgan fingerprint density at radius 2 is 2.15 bits per heavy atom. The molecule has 0 aliphatic carbocycles. The van der Waals surface area contributed by atoms with Crippen LogP contribution in [0.25, 0.3) is 5.13 Å². The molecule has 0 amide bonds. The van der Waals surface area contributed by atoms with Crippen LogP contribution in [-0.4, -0.2) is 33.6 Å². The maximum atomic E-state index is 4.45. The third kappa shape index (κ3) is 3.84. The van der Waals surface area contributed by atoms with Crippen molar-refractivity contribution in [3.8, 4) is 5.13 Å². The molecular weight excluding hydrogens is 340 g/mol. The van der Waals surface area contributed by atoms with Crippen molar-refractivity contribution in [1.29, 1.82) is 0 Å². The van der Waals surface area contributed by atoms with Gasteiger partial charge in [0.1, 0.15) is 0 Å². The minimum atomic E-state index is 0.508. The molecule has 3 aromatic rings. The highest BCUT2D eigenvalue weighted by Gasteiger charge is 2.21. The Hall–Kier alpha value is -2.11. The summed E-state index contributed by atoms with van der Waals surface area (Å²) >= 11 is 1.68. The van der Waals surface area contributed by atoms with Gasteiger partial charge < -0.3 is 5.32 Å². The second-order valence-corrected chi connectivity index (χ2v) is 8.07. The number of piperidine rings is 1. The predicted molar refractivity (Wildman–Crippen MR) is 109 cm³/mol. The average molecular weight is 367 g/mol. The van der Waals surface area contributed by atoms with E-state index < -0.39 is 0 Å². The number of rotatable bonds is 5. The summed E-state index contributed by atoms with van der Waals surface area (Å²) in [4.78, 5) is 7.01. The van der Waals surface area contributed by atoms with E-state index in [2.05, 4.69) is 70.1 Å². The van der Waals surface area contributed by atoms with E-state index in [1.54, 1.807) is 11.3 Å². The fraction of sp³-hybridized carbons (Fsp3) is 0.381. The van der Waals surface area contributed by atoms with Crippen molar-refractivity contribution in [1.82, 2.24) is 14.5 Å². The minimum Gasteiger partial charge on any atom is -0.381 e. The van der Waals surface area contributed by atoms with Gasteiger partial charge in [-0.3, -0.25) is 9.47 Å². The lowest BCUT2D eigenvalue weighted by Gasteiger charge is -2.33. The fourth-order valence-corrected chi connectivity index (χ4v) is 4.34. The zero-order valence-corrected chi connectivity index (χ0v) is 16.3. The van der Waals surface area contributed by atoms with Gasteiger partial charge in [0, 0.05) is 48.3 Å². The smallest absolute Gasteiger partial charge is 0.193 e. The lowest BCUT2D eigenvalue weighted by molar-refractivity contribution is 0.205. The number of nitrogens with zero attached hydrogens (tertiary/aromatic N) is 3. The first-order valence-corrected chi connectivity index (χ1v) is 10.2. The number of aryl methyl sites for hydroxylation is 2. The standard InChI is InChI=1S/C21H26N4S/c1-16-7-8-18(13-17(16)2)23-19-5-3-10-24(14-19)15-20-6-4-11-25(20)21-22-9-12-26-21/h4,6-9,11-13,19,23H,3,5,10,14-15H2,1-2H3. The first-order valence-electron chi connectivity index (χ1n) is 9.31. The second-order valence-electron chi connectivity index (χ2n) is 7.20. The van der Waals surface area contributed by atoms with E-state index >= 15 is 0 Å². The van der Waals surface area contributed by atoms with E-state index in [0.717, 1.165) is 24.8 Å². The van der Waals surface area contributed by atoms with Gasteiger partial charge in [0.05, 0.1) is 0 Å². The third-order valence-electron chi connectivity index (χ3n) is 5.23. The molecule has 2 aromatic heterocycles. The average Bonchev–Trinajstić information content (AvgIpc) is 3.30. The number of hydrogen-bond donors (Lipinski definition) is 1. The molecule has 4 nitrogen and oxygen atoms in total. The quantitative estimate of drug-likeness (QED) is 0.715. The van der Waals surface area contributed by atoms with Gasteiger partial charge in [-0.05, 0) is 68.6 Å². The summed E-state index contributed by atoms with van der Waals surface area (Å²) in [5.74, 6) is 0. The van der Waals surface area contributed by atoms with Gasteiger partial charge in [-0.2, -0.15) is 0 Å². The number of likely N-dealkylation sites (tertiary alicyclic amines) is 1. The van der Waals surface area contributed by atoms with E-state index in [1.165, 1.54) is 35.3 Å². The third-order valence-corrected chi connectivity index (χ3v) is 6.00. The van der Waals surface area contributed by atoms with E-state index in [-0.39, 0.29) is 0 Å². The maximum Gasteiger partial charge on any atom is 0.193 e. The molecule has 0 radical (unpaired) electrons. The Kier molecular flexibility index (Phi) is 5.09. The molecule has 5 heteroatoms. The molecule has 136 valence electrons. The van der Waals surface area contributed by atoms with E-state index in [4.69, 9.17) is 0 Å². The molecule has 1 fully saturated rings. The van der Waals surface area contributed by atoms with Crippen molar-refractivity contribution < 1.29 is 0 Å². The number of benzene rings is 1. The summed E-state index contributed by atoms with van der Waals surface area (Å²) < 4.78 is 2.21. The van der Waals surface area contributed by atoms with Crippen LogP contribution >= 0.6 is 11.3 Å². The van der Waals surface area contributed by atoms with Crippen molar-refractivity contribution in [2.45, 2.75) is 39.3 Å². The number of aromatic nitrogens is 2. The van der Waals surface area contributed by atoms with Gasteiger partial charge in [0.2, 0.25) is 0 Å². The first kappa shape index (κ1) is 17.3. The van der Waals surface area contributed by atoms with Crippen LogP contribution in [0.1, 0.15) is 29.7 Å². The number of hydrogen-bond acceptors (Lipinski definition) is 4. The van der Waals surface area contributed by atoms with Crippen LogP contribution < -0.4 is 5.32 Å².